The molecule has 7 rings (SSSR count). The van der Waals surface area contributed by atoms with Gasteiger partial charge in [-0.05, 0) is 60.7 Å². The Balaban J connectivity index is 1.41. The largest absolute Gasteiger partial charge is 0.503 e. The van der Waals surface area contributed by atoms with Gasteiger partial charge in [-0.3, -0.25) is 39.4 Å². The number of benzene rings is 3. The maximum Gasteiger partial charge on any atom is 0.301 e. The molecule has 54 heavy (non-hydrogen) atoms. The number of ether oxygens (including phenoxy) is 1. The zero-order valence-electron chi connectivity index (χ0n) is 28.3. The van der Waals surface area contributed by atoms with Crippen molar-refractivity contribution >= 4 is 86.9 Å². The van der Waals surface area contributed by atoms with Gasteiger partial charge in [-0.1, -0.05) is 23.3 Å². The van der Waals surface area contributed by atoms with Crippen LogP contribution in [-0.4, -0.2) is 69.5 Å². The molecule has 0 radical (unpaired) electrons. The summed E-state index contributed by atoms with van der Waals surface area (Å²) in [7, 11) is 3.98. The molecular weight excluding hydrogens is 776 g/mol. The number of allylic oxidation sites excluding steroid dienone is 2. The number of nitrogens with zero attached hydrogens (tertiary/aromatic N) is 5. The van der Waals surface area contributed by atoms with Crippen molar-refractivity contribution in [1.82, 2.24) is 0 Å². The fraction of sp³-hybridized carbons (Fsp3) is 0.314. The van der Waals surface area contributed by atoms with Gasteiger partial charge >= 0.3 is 11.4 Å². The first-order valence-corrected chi connectivity index (χ1v) is 17.3. The molecule has 0 aromatic heterocycles. The smallest absolute Gasteiger partial charge is 0.301 e. The van der Waals surface area contributed by atoms with Gasteiger partial charge in [0.15, 0.2) is 26.9 Å². The molecule has 4 amide bonds. The lowest BCUT2D eigenvalue weighted by atomic mass is 9.56. The summed E-state index contributed by atoms with van der Waals surface area (Å²) in [6.45, 7) is 0. The number of phenolic OH excluding ortho intramolecular Hbond substituents is 1. The van der Waals surface area contributed by atoms with Crippen LogP contribution in [-0.2, 0) is 19.2 Å². The van der Waals surface area contributed by atoms with Crippen molar-refractivity contribution in [3.05, 3.63) is 96.8 Å². The first kappa shape index (κ1) is 37.0. The minimum atomic E-state index is -2.32. The summed E-state index contributed by atoms with van der Waals surface area (Å²) in [6.07, 6.45) is 1.04. The second kappa shape index (κ2) is 12.6. The predicted octanol–water partition coefficient (Wildman–Crippen LogP) is 5.84. The van der Waals surface area contributed by atoms with E-state index >= 15 is 0 Å². The summed E-state index contributed by atoms with van der Waals surface area (Å²) < 4.78 is 19.3. The van der Waals surface area contributed by atoms with Crippen LogP contribution in [0, 0.1) is 43.8 Å². The predicted molar refractivity (Wildman–Crippen MR) is 193 cm³/mol. The summed E-state index contributed by atoms with van der Waals surface area (Å²) >= 11 is 21.1. The SMILES string of the molecule is COc1cc([C@H]2C3=CC[C@@H]4C(=O)N(c5cc([N+](=O)[O-])c(N(C)C)c([N+](=O)[O-])c5)C(=O)[C@@H]4[C@@H]3C[C@@]3(Cl)C(=O)N(c4ccc(F)cc4)C(=O)[C@@]23Cl)cc(Cl)c1O. The molecule has 280 valence electrons. The molecule has 3 aromatic rings. The molecule has 1 saturated carbocycles. The molecular formula is C35H27Cl3FN5O10. The number of carbonyl (C=O) groups is 4. The summed E-state index contributed by atoms with van der Waals surface area (Å²) in [5.74, 6) is -9.66. The number of fused-ring (bicyclic) bond motifs is 4. The average Bonchev–Trinajstić information content (AvgIpc) is 3.46. The molecule has 0 unspecified atom stereocenters. The van der Waals surface area contributed by atoms with Crippen molar-refractivity contribution < 1.29 is 43.3 Å². The summed E-state index contributed by atoms with van der Waals surface area (Å²) in [6, 6.07) is 8.92. The minimum Gasteiger partial charge on any atom is -0.503 e. The number of rotatable bonds is 7. The zero-order chi connectivity index (χ0) is 39.3. The number of halogens is 4. The van der Waals surface area contributed by atoms with E-state index in [0.29, 0.717) is 10.5 Å². The number of hydrogen-bond donors (Lipinski definition) is 1. The quantitative estimate of drug-likeness (QED) is 0.0991. The number of methoxy groups -OCH3 is 1. The van der Waals surface area contributed by atoms with E-state index in [0.717, 1.165) is 29.2 Å². The Morgan fingerprint density at radius 3 is 2.07 bits per heavy atom. The average molecular weight is 803 g/mol. The van der Waals surface area contributed by atoms with Crippen LogP contribution in [0.4, 0.5) is 32.8 Å². The van der Waals surface area contributed by atoms with E-state index in [1.54, 1.807) is 6.08 Å². The number of alkyl halides is 2. The Morgan fingerprint density at radius 1 is 0.907 bits per heavy atom. The molecule has 1 N–H and O–H groups in total. The molecule has 0 bridgehead atoms. The molecule has 3 aromatic carbocycles. The number of nitro groups is 2. The number of nitro benzene ring substituents is 2. The van der Waals surface area contributed by atoms with Crippen LogP contribution in [0.1, 0.15) is 24.3 Å². The Morgan fingerprint density at radius 2 is 1.52 bits per heavy atom. The number of aromatic hydroxyl groups is 1. The first-order chi connectivity index (χ1) is 25.4. The lowest BCUT2D eigenvalue weighted by molar-refractivity contribution is -0.392. The van der Waals surface area contributed by atoms with E-state index in [-0.39, 0.29) is 34.1 Å². The van der Waals surface area contributed by atoms with E-state index in [4.69, 9.17) is 39.5 Å². The molecule has 2 saturated heterocycles. The molecule has 3 fully saturated rings. The number of hydrogen-bond acceptors (Lipinski definition) is 11. The Labute approximate surface area is 319 Å². The molecule has 19 heteroatoms. The van der Waals surface area contributed by atoms with Crippen molar-refractivity contribution in [3.63, 3.8) is 0 Å². The number of imide groups is 2. The van der Waals surface area contributed by atoms with Crippen LogP contribution >= 0.6 is 34.8 Å². The molecule has 4 aliphatic rings. The Bertz CT molecular complexity index is 2240. The van der Waals surface area contributed by atoms with E-state index in [1.807, 2.05) is 0 Å². The fourth-order valence-corrected chi connectivity index (χ4v) is 9.55. The van der Waals surface area contributed by atoms with Crippen molar-refractivity contribution in [2.45, 2.75) is 28.5 Å². The van der Waals surface area contributed by atoms with Crippen molar-refractivity contribution in [1.29, 1.82) is 0 Å². The standard InChI is InChI=1S/C35H27Cl3FN5O10/c1-40(2)28-23(43(50)51)12-18(13-24(28)44(52)53)41-30(46)20-9-8-19-21(26(20)31(41)47)14-34(37)32(48)42(17-6-4-16(39)5-7-17)33(49)35(34,38)27(19)15-10-22(36)29(45)25(11-15)54-3/h4-8,10-13,20-21,26-27,45H,9,14H2,1-3H3/t20-,21+,26-,27-,34+,35-/m0/s1. The highest BCUT2D eigenvalue weighted by atomic mass is 35.5. The van der Waals surface area contributed by atoms with Gasteiger partial charge in [0.1, 0.15) is 5.82 Å². The van der Waals surface area contributed by atoms with Gasteiger partial charge in [0.25, 0.3) is 11.8 Å². The summed E-state index contributed by atoms with van der Waals surface area (Å²) in [5.41, 5.74) is -1.77. The second-order valence-corrected chi connectivity index (χ2v) is 15.2. The number of anilines is 3. The van der Waals surface area contributed by atoms with Gasteiger partial charge in [-0.15, -0.1) is 23.2 Å². The van der Waals surface area contributed by atoms with Gasteiger partial charge in [0, 0.05) is 32.1 Å². The fourth-order valence-electron chi connectivity index (χ4n) is 8.40. The lowest BCUT2D eigenvalue weighted by Crippen LogP contribution is -2.60. The van der Waals surface area contributed by atoms with Crippen LogP contribution in [0.2, 0.25) is 5.02 Å². The van der Waals surface area contributed by atoms with Gasteiger partial charge in [0.2, 0.25) is 11.8 Å². The highest BCUT2D eigenvalue weighted by molar-refractivity contribution is 6.58. The van der Waals surface area contributed by atoms with E-state index < -0.39 is 102 Å². The van der Waals surface area contributed by atoms with Gasteiger partial charge < -0.3 is 14.7 Å². The highest BCUT2D eigenvalue weighted by Crippen LogP contribution is 2.66. The first-order valence-electron chi connectivity index (χ1n) is 16.2. The van der Waals surface area contributed by atoms with Crippen LogP contribution in [0.25, 0.3) is 0 Å². The Kier molecular flexibility index (Phi) is 8.66. The molecule has 2 aliphatic heterocycles. The lowest BCUT2D eigenvalue weighted by Gasteiger charge is -2.50. The third kappa shape index (κ3) is 4.99. The maximum atomic E-state index is 14.6. The highest BCUT2D eigenvalue weighted by Gasteiger charge is 2.76. The molecule has 15 nitrogen and oxygen atoms in total. The van der Waals surface area contributed by atoms with Crippen LogP contribution < -0.4 is 19.4 Å². The summed E-state index contributed by atoms with van der Waals surface area (Å²) in [4.78, 5) is 78.2. The van der Waals surface area contributed by atoms with E-state index in [9.17, 15) is 48.9 Å². The number of carbonyl (C=O) groups excluding carboxylic acids is 4. The van der Waals surface area contributed by atoms with Crippen LogP contribution in [0.15, 0.2) is 60.2 Å². The van der Waals surface area contributed by atoms with Crippen LogP contribution in [0.3, 0.4) is 0 Å². The van der Waals surface area contributed by atoms with E-state index in [2.05, 4.69) is 0 Å². The number of amides is 4. The third-order valence-electron chi connectivity index (χ3n) is 10.7. The topological polar surface area (TPSA) is 194 Å². The maximum absolute atomic E-state index is 14.6. The van der Waals surface area contributed by atoms with Gasteiger partial charge in [0.05, 0.1) is 45.2 Å². The van der Waals surface area contributed by atoms with Crippen LogP contribution in [0.5, 0.6) is 11.5 Å². The molecule has 0 spiro atoms. The molecule has 2 aliphatic carbocycles. The van der Waals surface area contributed by atoms with Gasteiger partial charge in [-0.2, -0.15) is 0 Å². The van der Waals surface area contributed by atoms with E-state index in [1.165, 1.54) is 50.4 Å². The van der Waals surface area contributed by atoms with Gasteiger partial charge in [-0.25, -0.2) is 14.2 Å². The van der Waals surface area contributed by atoms with Crippen molar-refractivity contribution in [2.75, 3.05) is 35.9 Å². The minimum absolute atomic E-state index is 0.0431. The zero-order valence-corrected chi connectivity index (χ0v) is 30.6. The second-order valence-electron chi connectivity index (χ2n) is 13.6. The van der Waals surface area contributed by atoms with Crippen molar-refractivity contribution in [3.8, 4) is 11.5 Å². The third-order valence-corrected chi connectivity index (χ3v) is 12.4. The van der Waals surface area contributed by atoms with Crippen molar-refractivity contribution in [2.24, 2.45) is 17.8 Å². The summed E-state index contributed by atoms with van der Waals surface area (Å²) in [5, 5.41) is 34.6. The monoisotopic (exact) mass is 801 g/mol. The normalized spacial score (nSPS) is 27.4. The number of phenols is 1. The Hall–Kier alpha value is -5.32. The molecule has 2 heterocycles. The molecule has 6 atom stereocenters.